The number of hydrogen-bond acceptors (Lipinski definition) is 5. The van der Waals surface area contributed by atoms with Gasteiger partial charge in [0.25, 0.3) is 0 Å². The maximum absolute atomic E-state index is 11.2. The van der Waals surface area contributed by atoms with Crippen molar-refractivity contribution in [3.8, 4) is 5.88 Å². The molecule has 2 aromatic heterocycles. The zero-order valence-electron chi connectivity index (χ0n) is 16.2. The molecule has 6 heteroatoms. The quantitative estimate of drug-likeness (QED) is 0.664. The smallest absolute Gasteiger partial charge is 0.335 e. The number of nitrogens with zero attached hydrogens (tertiary/aromatic N) is 2. The number of aliphatic hydroxyl groups excluding tert-OH is 1. The molecule has 6 nitrogen and oxygen atoms in total. The first-order valence-corrected chi connectivity index (χ1v) is 9.38. The van der Waals surface area contributed by atoms with Crippen molar-refractivity contribution in [2.24, 2.45) is 5.92 Å². The minimum absolute atomic E-state index is 0.154. The molecule has 0 aliphatic carbocycles. The molecule has 0 radical (unpaired) electrons. The van der Waals surface area contributed by atoms with Crippen LogP contribution in [0.1, 0.15) is 60.2 Å². The van der Waals surface area contributed by atoms with Crippen LogP contribution in [0.15, 0.2) is 24.3 Å². The average molecular weight is 372 g/mol. The Morgan fingerprint density at radius 2 is 1.89 bits per heavy atom. The van der Waals surface area contributed by atoms with Crippen LogP contribution in [0.2, 0.25) is 0 Å². The van der Waals surface area contributed by atoms with Gasteiger partial charge in [-0.2, -0.15) is 0 Å². The number of aryl methyl sites for hydroxylation is 2. The molecule has 0 atom stereocenters. The molecule has 27 heavy (non-hydrogen) atoms. The monoisotopic (exact) mass is 372 g/mol. The highest BCUT2D eigenvalue weighted by Crippen LogP contribution is 2.19. The van der Waals surface area contributed by atoms with Crippen molar-refractivity contribution >= 4 is 5.97 Å². The van der Waals surface area contributed by atoms with Gasteiger partial charge in [0, 0.05) is 17.5 Å². The van der Waals surface area contributed by atoms with Crippen LogP contribution in [0.25, 0.3) is 0 Å². The maximum Gasteiger partial charge on any atom is 0.335 e. The number of aromatic carboxylic acids is 1. The highest BCUT2D eigenvalue weighted by molar-refractivity contribution is 5.87. The van der Waals surface area contributed by atoms with Gasteiger partial charge in [0.2, 0.25) is 5.88 Å². The molecule has 2 N–H and O–H groups in total. The highest BCUT2D eigenvalue weighted by Gasteiger charge is 2.11. The first-order chi connectivity index (χ1) is 12.9. The van der Waals surface area contributed by atoms with E-state index in [1.165, 1.54) is 11.6 Å². The Labute approximate surface area is 160 Å². The Hall–Kier alpha value is -2.47. The SMILES string of the molecule is CCOc1ccc(CC(C)C)c(CCCc2cc(C(=O)O)cc(CO)n2)n1. The van der Waals surface area contributed by atoms with E-state index in [4.69, 9.17) is 4.74 Å². The van der Waals surface area contributed by atoms with Gasteiger partial charge in [-0.1, -0.05) is 19.9 Å². The lowest BCUT2D eigenvalue weighted by Gasteiger charge is -2.13. The summed E-state index contributed by atoms with van der Waals surface area (Å²) in [7, 11) is 0. The number of ether oxygens (including phenoxy) is 1. The van der Waals surface area contributed by atoms with Crippen LogP contribution >= 0.6 is 0 Å². The van der Waals surface area contributed by atoms with Crippen LogP contribution in [-0.2, 0) is 25.9 Å². The van der Waals surface area contributed by atoms with E-state index in [1.807, 2.05) is 13.0 Å². The molecule has 0 saturated heterocycles. The predicted octanol–water partition coefficient (Wildman–Crippen LogP) is 3.44. The highest BCUT2D eigenvalue weighted by atomic mass is 16.5. The second-order valence-corrected chi connectivity index (χ2v) is 6.94. The molecule has 0 aromatic carbocycles. The molecule has 2 heterocycles. The summed E-state index contributed by atoms with van der Waals surface area (Å²) in [6.07, 6.45) is 3.12. The summed E-state index contributed by atoms with van der Waals surface area (Å²) in [5.74, 6) is 0.150. The fraction of sp³-hybridized carbons (Fsp3) is 0.476. The summed E-state index contributed by atoms with van der Waals surface area (Å²) in [5.41, 5.74) is 3.44. The van der Waals surface area contributed by atoms with Gasteiger partial charge in [0.15, 0.2) is 0 Å². The van der Waals surface area contributed by atoms with E-state index in [1.54, 1.807) is 6.07 Å². The normalized spacial score (nSPS) is 11.0. The minimum atomic E-state index is -1.02. The van der Waals surface area contributed by atoms with E-state index in [2.05, 4.69) is 29.9 Å². The molecule has 0 aliphatic rings. The van der Waals surface area contributed by atoms with Crippen molar-refractivity contribution in [1.82, 2.24) is 9.97 Å². The van der Waals surface area contributed by atoms with Crippen molar-refractivity contribution in [2.75, 3.05) is 6.61 Å². The second-order valence-electron chi connectivity index (χ2n) is 6.94. The van der Waals surface area contributed by atoms with E-state index in [-0.39, 0.29) is 12.2 Å². The number of pyridine rings is 2. The zero-order valence-corrected chi connectivity index (χ0v) is 16.2. The lowest BCUT2D eigenvalue weighted by molar-refractivity contribution is 0.0696. The third-order valence-corrected chi connectivity index (χ3v) is 4.15. The van der Waals surface area contributed by atoms with Crippen molar-refractivity contribution < 1.29 is 19.7 Å². The molecular formula is C21H28N2O4. The number of aliphatic hydroxyl groups is 1. The Bertz CT molecular complexity index is 775. The van der Waals surface area contributed by atoms with Crippen molar-refractivity contribution in [3.63, 3.8) is 0 Å². The standard InChI is InChI=1S/C21H28N2O4/c1-4-27-20-9-8-15(10-14(2)3)19(23-20)7-5-6-17-11-16(21(25)26)12-18(13-24)22-17/h8-9,11-12,14,24H,4-7,10,13H2,1-3H3,(H,25,26). The molecule has 2 aromatic rings. The number of rotatable bonds is 10. The largest absolute Gasteiger partial charge is 0.478 e. The number of aromatic nitrogens is 2. The zero-order chi connectivity index (χ0) is 19.8. The lowest BCUT2D eigenvalue weighted by atomic mass is 9.98. The van der Waals surface area contributed by atoms with Gasteiger partial charge in [-0.25, -0.2) is 9.78 Å². The fourth-order valence-electron chi connectivity index (χ4n) is 3.00. The Balaban J connectivity index is 2.12. The molecule has 0 spiro atoms. The molecule has 0 fully saturated rings. The van der Waals surface area contributed by atoms with Crippen LogP contribution in [-0.4, -0.2) is 32.8 Å². The Morgan fingerprint density at radius 3 is 2.52 bits per heavy atom. The first kappa shape index (κ1) is 20.8. The summed E-state index contributed by atoms with van der Waals surface area (Å²) in [4.78, 5) is 20.2. The van der Waals surface area contributed by atoms with Gasteiger partial charge in [-0.05, 0) is 56.2 Å². The molecule has 0 bridgehead atoms. The van der Waals surface area contributed by atoms with Crippen LogP contribution in [0, 0.1) is 5.92 Å². The molecule has 2 rings (SSSR count). The maximum atomic E-state index is 11.2. The average Bonchev–Trinajstić information content (AvgIpc) is 2.63. The molecule has 0 amide bonds. The van der Waals surface area contributed by atoms with Crippen molar-refractivity contribution in [3.05, 3.63) is 52.5 Å². The third-order valence-electron chi connectivity index (χ3n) is 4.15. The van der Waals surface area contributed by atoms with Crippen LogP contribution < -0.4 is 4.74 Å². The summed E-state index contributed by atoms with van der Waals surface area (Å²) in [5, 5.41) is 18.5. The van der Waals surface area contributed by atoms with Crippen LogP contribution in [0.4, 0.5) is 0 Å². The second kappa shape index (κ2) is 10.0. The van der Waals surface area contributed by atoms with Gasteiger partial charge in [-0.15, -0.1) is 0 Å². The summed E-state index contributed by atoms with van der Waals surface area (Å²) < 4.78 is 5.53. The fourth-order valence-corrected chi connectivity index (χ4v) is 3.00. The first-order valence-electron chi connectivity index (χ1n) is 9.38. The molecule has 0 saturated carbocycles. The summed E-state index contributed by atoms with van der Waals surface area (Å²) in [6, 6.07) is 6.97. The van der Waals surface area contributed by atoms with Crippen LogP contribution in [0.3, 0.4) is 0 Å². The van der Waals surface area contributed by atoms with E-state index in [0.29, 0.717) is 36.2 Å². The van der Waals surface area contributed by atoms with Crippen molar-refractivity contribution in [2.45, 2.75) is 53.1 Å². The van der Waals surface area contributed by atoms with Crippen LogP contribution in [0.5, 0.6) is 5.88 Å². The Kier molecular flexibility index (Phi) is 7.73. The molecular weight excluding hydrogens is 344 g/mol. The number of hydrogen-bond donors (Lipinski definition) is 2. The van der Waals surface area contributed by atoms with Gasteiger partial charge in [0.05, 0.1) is 24.5 Å². The van der Waals surface area contributed by atoms with Gasteiger partial charge in [-0.3, -0.25) is 4.98 Å². The number of carbonyl (C=O) groups is 1. The minimum Gasteiger partial charge on any atom is -0.478 e. The molecule has 0 unspecified atom stereocenters. The number of carboxylic acids is 1. The summed E-state index contributed by atoms with van der Waals surface area (Å²) in [6.45, 7) is 6.59. The van der Waals surface area contributed by atoms with Crippen molar-refractivity contribution in [1.29, 1.82) is 0 Å². The Morgan fingerprint density at radius 1 is 1.15 bits per heavy atom. The molecule has 146 valence electrons. The predicted molar refractivity (Wildman–Crippen MR) is 103 cm³/mol. The van der Waals surface area contributed by atoms with E-state index >= 15 is 0 Å². The van der Waals surface area contributed by atoms with E-state index < -0.39 is 5.97 Å². The van der Waals surface area contributed by atoms with Gasteiger partial charge < -0.3 is 14.9 Å². The summed E-state index contributed by atoms with van der Waals surface area (Å²) >= 11 is 0. The molecule has 0 aliphatic heterocycles. The lowest BCUT2D eigenvalue weighted by Crippen LogP contribution is -2.07. The van der Waals surface area contributed by atoms with Gasteiger partial charge in [0.1, 0.15) is 0 Å². The third kappa shape index (κ3) is 6.32. The topological polar surface area (TPSA) is 92.5 Å². The van der Waals surface area contributed by atoms with Gasteiger partial charge >= 0.3 is 5.97 Å². The van der Waals surface area contributed by atoms with E-state index in [0.717, 1.165) is 25.0 Å². The number of carboxylic acid groups (broad SMARTS) is 1. The van der Waals surface area contributed by atoms with E-state index in [9.17, 15) is 15.0 Å².